The van der Waals surface area contributed by atoms with Crippen molar-refractivity contribution in [2.75, 3.05) is 13.2 Å². The SMILES string of the molecule is CC(C)[C@H](NC1CCOCC1)C(=O)NCc1nc2ncccc2[nH]1. The number of aromatic amines is 1. The monoisotopic (exact) mass is 331 g/mol. The van der Waals surface area contributed by atoms with Crippen molar-refractivity contribution >= 4 is 17.1 Å². The number of aromatic nitrogens is 3. The lowest BCUT2D eigenvalue weighted by Crippen LogP contribution is -2.52. The first-order valence-corrected chi connectivity index (χ1v) is 8.54. The zero-order chi connectivity index (χ0) is 16.9. The summed E-state index contributed by atoms with van der Waals surface area (Å²) >= 11 is 0. The molecule has 7 nitrogen and oxygen atoms in total. The summed E-state index contributed by atoms with van der Waals surface area (Å²) in [5.74, 6) is 0.931. The Kier molecular flexibility index (Phi) is 5.42. The number of amides is 1. The van der Waals surface area contributed by atoms with Gasteiger partial charge in [0.15, 0.2) is 5.65 Å². The van der Waals surface area contributed by atoms with Crippen LogP contribution in [0.5, 0.6) is 0 Å². The molecule has 0 bridgehead atoms. The van der Waals surface area contributed by atoms with Crippen LogP contribution >= 0.6 is 0 Å². The lowest BCUT2D eigenvalue weighted by atomic mass is 10.00. The second kappa shape index (κ2) is 7.72. The number of H-pyrrole nitrogens is 1. The van der Waals surface area contributed by atoms with Crippen molar-refractivity contribution in [3.8, 4) is 0 Å². The van der Waals surface area contributed by atoms with Gasteiger partial charge in [0, 0.05) is 25.5 Å². The van der Waals surface area contributed by atoms with Gasteiger partial charge in [0.05, 0.1) is 18.1 Å². The normalized spacial score (nSPS) is 17.3. The third-order valence-corrected chi connectivity index (χ3v) is 4.32. The van der Waals surface area contributed by atoms with Crippen molar-refractivity contribution in [1.82, 2.24) is 25.6 Å². The number of pyridine rings is 1. The highest BCUT2D eigenvalue weighted by atomic mass is 16.5. The summed E-state index contributed by atoms with van der Waals surface area (Å²) in [6, 6.07) is 3.91. The van der Waals surface area contributed by atoms with E-state index in [1.54, 1.807) is 6.20 Å². The molecular formula is C17H25N5O2. The molecule has 2 aromatic heterocycles. The smallest absolute Gasteiger partial charge is 0.237 e. The fraction of sp³-hybridized carbons (Fsp3) is 0.588. The summed E-state index contributed by atoms with van der Waals surface area (Å²) in [6.45, 7) is 6.00. The van der Waals surface area contributed by atoms with Crippen LogP contribution in [0.3, 0.4) is 0 Å². The Hall–Kier alpha value is -1.99. The van der Waals surface area contributed by atoms with Crippen LogP contribution in [0.15, 0.2) is 18.3 Å². The maximum atomic E-state index is 12.6. The number of fused-ring (bicyclic) bond motifs is 1. The number of nitrogens with one attached hydrogen (secondary N) is 3. The number of carbonyl (C=O) groups excluding carboxylic acids is 1. The largest absolute Gasteiger partial charge is 0.381 e. The predicted octanol–water partition coefficient (Wildman–Crippen LogP) is 1.37. The zero-order valence-corrected chi connectivity index (χ0v) is 14.2. The van der Waals surface area contributed by atoms with E-state index >= 15 is 0 Å². The van der Waals surface area contributed by atoms with Gasteiger partial charge < -0.3 is 20.4 Å². The average molecular weight is 331 g/mol. The molecule has 0 spiro atoms. The van der Waals surface area contributed by atoms with Crippen molar-refractivity contribution in [2.24, 2.45) is 5.92 Å². The first kappa shape index (κ1) is 16.9. The summed E-state index contributed by atoms with van der Waals surface area (Å²) in [4.78, 5) is 24.3. The summed E-state index contributed by atoms with van der Waals surface area (Å²) in [7, 11) is 0. The number of carbonyl (C=O) groups is 1. The molecule has 1 amide bonds. The minimum atomic E-state index is -0.212. The third kappa shape index (κ3) is 4.10. The maximum absolute atomic E-state index is 12.6. The van der Waals surface area contributed by atoms with E-state index in [1.807, 2.05) is 12.1 Å². The highest BCUT2D eigenvalue weighted by molar-refractivity contribution is 5.82. The van der Waals surface area contributed by atoms with Crippen molar-refractivity contribution < 1.29 is 9.53 Å². The Morgan fingerprint density at radius 2 is 2.21 bits per heavy atom. The molecule has 0 aromatic carbocycles. The molecule has 3 N–H and O–H groups in total. The molecule has 0 saturated carbocycles. The molecule has 1 saturated heterocycles. The number of imidazole rings is 1. The van der Waals surface area contributed by atoms with Crippen LogP contribution < -0.4 is 10.6 Å². The van der Waals surface area contributed by atoms with Gasteiger partial charge in [0.2, 0.25) is 5.91 Å². The minimum Gasteiger partial charge on any atom is -0.381 e. The van der Waals surface area contributed by atoms with E-state index in [0.717, 1.165) is 31.6 Å². The standard InChI is InChI=1S/C17H25N5O2/c1-11(2)15(20-12-5-8-24-9-6-12)17(23)19-10-14-21-13-4-3-7-18-16(13)22-14/h3-4,7,11-12,15,20H,5-6,8-10H2,1-2H3,(H,19,23)(H,18,21,22)/t15-/m0/s1. The van der Waals surface area contributed by atoms with Crippen LogP contribution in [0, 0.1) is 5.92 Å². The van der Waals surface area contributed by atoms with Gasteiger partial charge >= 0.3 is 0 Å². The first-order chi connectivity index (χ1) is 11.6. The van der Waals surface area contributed by atoms with E-state index in [2.05, 4.69) is 39.4 Å². The highest BCUT2D eigenvalue weighted by Gasteiger charge is 2.26. The first-order valence-electron chi connectivity index (χ1n) is 8.54. The minimum absolute atomic E-state index is 0.00454. The fourth-order valence-corrected chi connectivity index (χ4v) is 2.95. The number of rotatable bonds is 6. The Labute approximate surface area is 141 Å². The van der Waals surface area contributed by atoms with Crippen LogP contribution in [-0.2, 0) is 16.1 Å². The molecule has 0 unspecified atom stereocenters. The Morgan fingerprint density at radius 3 is 2.92 bits per heavy atom. The molecule has 3 rings (SSSR count). The van der Waals surface area contributed by atoms with Crippen molar-refractivity contribution in [2.45, 2.75) is 45.3 Å². The molecule has 7 heteroatoms. The van der Waals surface area contributed by atoms with E-state index in [-0.39, 0.29) is 17.9 Å². The summed E-state index contributed by atoms with van der Waals surface area (Å²) in [6.07, 6.45) is 3.61. The molecule has 0 aliphatic carbocycles. The molecule has 0 radical (unpaired) electrons. The van der Waals surface area contributed by atoms with E-state index in [1.165, 1.54) is 0 Å². The van der Waals surface area contributed by atoms with Gasteiger partial charge in [0.25, 0.3) is 0 Å². The second-order valence-corrected chi connectivity index (χ2v) is 6.55. The third-order valence-electron chi connectivity index (χ3n) is 4.32. The van der Waals surface area contributed by atoms with Gasteiger partial charge in [-0.05, 0) is 30.9 Å². The van der Waals surface area contributed by atoms with Crippen molar-refractivity contribution in [3.05, 3.63) is 24.2 Å². The zero-order valence-electron chi connectivity index (χ0n) is 14.2. The molecule has 2 aromatic rings. The molecule has 1 aliphatic heterocycles. The number of ether oxygens (including phenoxy) is 1. The van der Waals surface area contributed by atoms with Crippen LogP contribution in [0.2, 0.25) is 0 Å². The highest BCUT2D eigenvalue weighted by Crippen LogP contribution is 2.11. The molecule has 3 heterocycles. The molecule has 130 valence electrons. The summed E-state index contributed by atoms with van der Waals surface area (Å²) in [5, 5.41) is 6.46. The van der Waals surface area contributed by atoms with Crippen LogP contribution in [0.25, 0.3) is 11.2 Å². The van der Waals surface area contributed by atoms with Crippen LogP contribution in [0.4, 0.5) is 0 Å². The van der Waals surface area contributed by atoms with E-state index in [4.69, 9.17) is 4.74 Å². The van der Waals surface area contributed by atoms with Gasteiger partial charge in [-0.1, -0.05) is 13.8 Å². The topological polar surface area (TPSA) is 91.9 Å². The second-order valence-electron chi connectivity index (χ2n) is 6.55. The average Bonchev–Trinajstić information content (AvgIpc) is 3.01. The molecule has 1 atom stereocenters. The fourth-order valence-electron chi connectivity index (χ4n) is 2.95. The number of nitrogens with zero attached hydrogens (tertiary/aromatic N) is 2. The molecule has 1 aliphatic rings. The van der Waals surface area contributed by atoms with Crippen LogP contribution in [0.1, 0.15) is 32.5 Å². The molecule has 24 heavy (non-hydrogen) atoms. The Morgan fingerprint density at radius 1 is 1.42 bits per heavy atom. The van der Waals surface area contributed by atoms with E-state index in [9.17, 15) is 4.79 Å². The van der Waals surface area contributed by atoms with Gasteiger partial charge in [-0.2, -0.15) is 0 Å². The Bertz CT molecular complexity index is 645. The van der Waals surface area contributed by atoms with Gasteiger partial charge in [0.1, 0.15) is 5.82 Å². The van der Waals surface area contributed by atoms with Crippen molar-refractivity contribution in [3.63, 3.8) is 0 Å². The Balaban J connectivity index is 1.58. The lowest BCUT2D eigenvalue weighted by molar-refractivity contribution is -0.124. The maximum Gasteiger partial charge on any atom is 0.237 e. The quantitative estimate of drug-likeness (QED) is 0.743. The molecule has 1 fully saturated rings. The van der Waals surface area contributed by atoms with Crippen LogP contribution in [-0.4, -0.2) is 46.2 Å². The van der Waals surface area contributed by atoms with Gasteiger partial charge in [-0.15, -0.1) is 0 Å². The van der Waals surface area contributed by atoms with E-state index in [0.29, 0.717) is 24.1 Å². The molecular weight excluding hydrogens is 306 g/mol. The number of hydrogen-bond donors (Lipinski definition) is 3. The van der Waals surface area contributed by atoms with Gasteiger partial charge in [-0.25, -0.2) is 9.97 Å². The van der Waals surface area contributed by atoms with E-state index < -0.39 is 0 Å². The van der Waals surface area contributed by atoms with Crippen molar-refractivity contribution in [1.29, 1.82) is 0 Å². The predicted molar refractivity (Wildman–Crippen MR) is 91.3 cm³/mol. The van der Waals surface area contributed by atoms with Gasteiger partial charge in [-0.3, -0.25) is 4.79 Å². The summed E-state index contributed by atoms with van der Waals surface area (Å²) in [5.41, 5.74) is 1.55. The lowest BCUT2D eigenvalue weighted by Gasteiger charge is -2.29. The summed E-state index contributed by atoms with van der Waals surface area (Å²) < 4.78 is 5.38. The number of hydrogen-bond acceptors (Lipinski definition) is 5.